The highest BCUT2D eigenvalue weighted by Gasteiger charge is 2.26. The van der Waals surface area contributed by atoms with E-state index in [0.717, 1.165) is 50.7 Å². The number of nitrogens with one attached hydrogen (secondary N) is 1. The van der Waals surface area contributed by atoms with Gasteiger partial charge in [0.05, 0.1) is 19.3 Å². The maximum absolute atomic E-state index is 12.2. The Hall–Kier alpha value is -1.59. The first-order valence-electron chi connectivity index (χ1n) is 8.54. The number of amides is 1. The largest absolute Gasteiger partial charge is 0.465 e. The number of hydrogen-bond donors (Lipinski definition) is 1. The number of nitrogens with zero attached hydrogens (tertiary/aromatic N) is 1. The van der Waals surface area contributed by atoms with Crippen molar-refractivity contribution in [2.45, 2.75) is 32.2 Å². The first-order chi connectivity index (χ1) is 11.2. The van der Waals surface area contributed by atoms with E-state index < -0.39 is 0 Å². The summed E-state index contributed by atoms with van der Waals surface area (Å²) >= 11 is 0. The molecule has 0 saturated carbocycles. The summed E-state index contributed by atoms with van der Waals surface area (Å²) in [6, 6.07) is 4.07. The summed E-state index contributed by atoms with van der Waals surface area (Å²) in [7, 11) is 0. The van der Waals surface area contributed by atoms with Crippen molar-refractivity contribution < 1.29 is 13.9 Å². The lowest BCUT2D eigenvalue weighted by Crippen LogP contribution is -2.43. The molecule has 126 valence electrons. The minimum atomic E-state index is 0.0793. The zero-order valence-electron chi connectivity index (χ0n) is 13.8. The van der Waals surface area contributed by atoms with Crippen LogP contribution in [0.2, 0.25) is 0 Å². The number of rotatable bonds is 6. The van der Waals surface area contributed by atoms with Gasteiger partial charge < -0.3 is 14.5 Å². The van der Waals surface area contributed by atoms with Gasteiger partial charge in [0, 0.05) is 26.1 Å². The SMILES string of the molecule is Cc1ccc(C(CNC(=O)CC2C=CCC2)N2CCOCC2)o1. The molecule has 1 aliphatic heterocycles. The third-order valence-corrected chi connectivity index (χ3v) is 4.63. The molecule has 0 aromatic carbocycles. The average molecular weight is 318 g/mol. The highest BCUT2D eigenvalue weighted by molar-refractivity contribution is 5.76. The number of furan rings is 1. The van der Waals surface area contributed by atoms with Crippen LogP contribution < -0.4 is 5.32 Å². The van der Waals surface area contributed by atoms with Crippen LogP contribution in [0, 0.1) is 12.8 Å². The number of ether oxygens (including phenoxy) is 1. The van der Waals surface area contributed by atoms with Crippen molar-refractivity contribution in [1.82, 2.24) is 10.2 Å². The van der Waals surface area contributed by atoms with Crippen molar-refractivity contribution in [3.8, 4) is 0 Å². The Balaban J connectivity index is 1.58. The van der Waals surface area contributed by atoms with Gasteiger partial charge in [-0.15, -0.1) is 0 Å². The van der Waals surface area contributed by atoms with Crippen LogP contribution >= 0.6 is 0 Å². The molecule has 3 rings (SSSR count). The van der Waals surface area contributed by atoms with Crippen molar-refractivity contribution in [3.05, 3.63) is 35.8 Å². The highest BCUT2D eigenvalue weighted by Crippen LogP contribution is 2.24. The van der Waals surface area contributed by atoms with Crippen molar-refractivity contribution >= 4 is 5.91 Å². The number of hydrogen-bond acceptors (Lipinski definition) is 4. The van der Waals surface area contributed by atoms with Crippen molar-refractivity contribution in [3.63, 3.8) is 0 Å². The van der Waals surface area contributed by atoms with Crippen LogP contribution in [0.5, 0.6) is 0 Å². The number of aryl methyl sites for hydroxylation is 1. The Labute approximate surface area is 137 Å². The molecule has 1 aromatic heterocycles. The second kappa shape index (κ2) is 7.79. The van der Waals surface area contributed by atoms with Gasteiger partial charge in [-0.25, -0.2) is 0 Å². The number of carbonyl (C=O) groups is 1. The predicted octanol–water partition coefficient (Wildman–Crippen LogP) is 2.43. The van der Waals surface area contributed by atoms with Crippen LogP contribution in [-0.2, 0) is 9.53 Å². The van der Waals surface area contributed by atoms with E-state index in [2.05, 4.69) is 22.4 Å². The fourth-order valence-electron chi connectivity index (χ4n) is 3.32. The molecule has 1 aromatic rings. The second-order valence-electron chi connectivity index (χ2n) is 6.39. The summed E-state index contributed by atoms with van der Waals surface area (Å²) in [5.74, 6) is 2.36. The molecule has 1 fully saturated rings. The molecular weight excluding hydrogens is 292 g/mol. The zero-order chi connectivity index (χ0) is 16.1. The lowest BCUT2D eigenvalue weighted by atomic mass is 10.0. The summed E-state index contributed by atoms with van der Waals surface area (Å²) in [4.78, 5) is 14.5. The zero-order valence-corrected chi connectivity index (χ0v) is 13.8. The van der Waals surface area contributed by atoms with E-state index in [1.807, 2.05) is 19.1 Å². The van der Waals surface area contributed by atoms with Crippen LogP contribution in [0.1, 0.15) is 36.8 Å². The first-order valence-corrected chi connectivity index (χ1v) is 8.54. The van der Waals surface area contributed by atoms with E-state index in [1.54, 1.807) is 0 Å². The fraction of sp³-hybridized carbons (Fsp3) is 0.611. The molecule has 1 N–H and O–H groups in total. The third-order valence-electron chi connectivity index (χ3n) is 4.63. The maximum Gasteiger partial charge on any atom is 0.220 e. The minimum absolute atomic E-state index is 0.0793. The summed E-state index contributed by atoms with van der Waals surface area (Å²) in [5.41, 5.74) is 0. The van der Waals surface area contributed by atoms with E-state index in [1.165, 1.54) is 0 Å². The monoisotopic (exact) mass is 318 g/mol. The topological polar surface area (TPSA) is 54.7 Å². The Morgan fingerprint density at radius 1 is 1.39 bits per heavy atom. The molecule has 1 amide bonds. The van der Waals surface area contributed by atoms with Gasteiger partial charge in [-0.1, -0.05) is 12.2 Å². The Bertz CT molecular complexity index is 546. The van der Waals surface area contributed by atoms with Crippen molar-refractivity contribution in [2.24, 2.45) is 5.92 Å². The van der Waals surface area contributed by atoms with E-state index in [9.17, 15) is 4.79 Å². The molecule has 0 spiro atoms. The summed E-state index contributed by atoms with van der Waals surface area (Å²) in [6.45, 7) is 5.73. The van der Waals surface area contributed by atoms with Crippen LogP contribution in [0.3, 0.4) is 0 Å². The summed E-state index contributed by atoms with van der Waals surface area (Å²) in [6.07, 6.45) is 7.11. The number of morpholine rings is 1. The molecule has 2 aliphatic rings. The Kier molecular flexibility index (Phi) is 5.51. The van der Waals surface area contributed by atoms with E-state index in [4.69, 9.17) is 9.15 Å². The summed E-state index contributed by atoms with van der Waals surface area (Å²) < 4.78 is 11.3. The van der Waals surface area contributed by atoms with Gasteiger partial charge in [0.1, 0.15) is 11.5 Å². The number of carbonyl (C=O) groups excluding carboxylic acids is 1. The molecule has 2 unspecified atom stereocenters. The van der Waals surface area contributed by atoms with Gasteiger partial charge in [-0.3, -0.25) is 9.69 Å². The molecule has 1 aliphatic carbocycles. The highest BCUT2D eigenvalue weighted by atomic mass is 16.5. The Morgan fingerprint density at radius 3 is 2.87 bits per heavy atom. The van der Waals surface area contributed by atoms with Gasteiger partial charge in [0.2, 0.25) is 5.91 Å². The molecule has 2 atom stereocenters. The average Bonchev–Trinajstić information content (AvgIpc) is 3.21. The molecule has 0 bridgehead atoms. The van der Waals surface area contributed by atoms with Crippen LogP contribution in [0.25, 0.3) is 0 Å². The van der Waals surface area contributed by atoms with Crippen LogP contribution in [0.4, 0.5) is 0 Å². The predicted molar refractivity (Wildman–Crippen MR) is 88.1 cm³/mol. The van der Waals surface area contributed by atoms with E-state index in [-0.39, 0.29) is 11.9 Å². The smallest absolute Gasteiger partial charge is 0.220 e. The van der Waals surface area contributed by atoms with Crippen LogP contribution in [0.15, 0.2) is 28.7 Å². The molecule has 2 heterocycles. The number of allylic oxidation sites excluding steroid dienone is 2. The molecular formula is C18H26N2O3. The normalized spacial score (nSPS) is 23.1. The van der Waals surface area contributed by atoms with Gasteiger partial charge in [-0.05, 0) is 37.8 Å². The maximum atomic E-state index is 12.2. The fourth-order valence-corrected chi connectivity index (χ4v) is 3.32. The van der Waals surface area contributed by atoms with Crippen molar-refractivity contribution in [2.75, 3.05) is 32.8 Å². The van der Waals surface area contributed by atoms with Gasteiger partial charge >= 0.3 is 0 Å². The minimum Gasteiger partial charge on any atom is -0.465 e. The Morgan fingerprint density at radius 2 is 2.22 bits per heavy atom. The lowest BCUT2D eigenvalue weighted by Gasteiger charge is -2.33. The third kappa shape index (κ3) is 4.45. The molecule has 23 heavy (non-hydrogen) atoms. The summed E-state index contributed by atoms with van der Waals surface area (Å²) in [5, 5.41) is 3.10. The van der Waals surface area contributed by atoms with Gasteiger partial charge in [-0.2, -0.15) is 0 Å². The van der Waals surface area contributed by atoms with E-state index >= 15 is 0 Å². The van der Waals surface area contributed by atoms with Crippen LogP contribution in [-0.4, -0.2) is 43.7 Å². The lowest BCUT2D eigenvalue weighted by molar-refractivity contribution is -0.122. The molecule has 0 radical (unpaired) electrons. The quantitative estimate of drug-likeness (QED) is 0.819. The first kappa shape index (κ1) is 16.3. The van der Waals surface area contributed by atoms with Gasteiger partial charge in [0.25, 0.3) is 0 Å². The van der Waals surface area contributed by atoms with Crippen molar-refractivity contribution in [1.29, 1.82) is 0 Å². The second-order valence-corrected chi connectivity index (χ2v) is 6.39. The standard InChI is InChI=1S/C18H26N2O3/c1-14-6-7-17(23-14)16(20-8-10-22-11-9-20)13-19-18(21)12-15-4-2-3-5-15/h2,4,6-7,15-16H,3,5,8-13H2,1H3,(H,19,21). The molecule has 5 nitrogen and oxygen atoms in total. The van der Waals surface area contributed by atoms with Gasteiger partial charge in [0.15, 0.2) is 0 Å². The molecule has 1 saturated heterocycles. The van der Waals surface area contributed by atoms with E-state index in [0.29, 0.717) is 18.9 Å². The molecule has 5 heteroatoms.